The molecule has 0 N–H and O–H groups in total. The normalized spacial score (nSPS) is 17.9. The van der Waals surface area contributed by atoms with Gasteiger partial charge in [-0.25, -0.2) is 25.3 Å². The van der Waals surface area contributed by atoms with Crippen LogP contribution in [-0.2, 0) is 30.1 Å². The fraction of sp³-hybridized carbons (Fsp3) is 0.625. The van der Waals surface area contributed by atoms with Crippen LogP contribution in [0.4, 0.5) is 0 Å². The molecule has 1 aliphatic heterocycles. The Morgan fingerprint density at radius 1 is 0.750 bits per heavy atom. The third kappa shape index (κ3) is 4.57. The molecule has 1 aliphatic rings. The molecule has 0 aliphatic carbocycles. The third-order valence-electron chi connectivity index (χ3n) is 4.76. The maximum absolute atomic E-state index is 12.8. The van der Waals surface area contributed by atoms with Gasteiger partial charge in [-0.3, -0.25) is 0 Å². The lowest BCUT2D eigenvalue weighted by Crippen LogP contribution is -2.50. The molecule has 1 fully saturated rings. The van der Waals surface area contributed by atoms with Crippen molar-refractivity contribution in [2.75, 3.05) is 45.0 Å². The van der Waals surface area contributed by atoms with Gasteiger partial charge < -0.3 is 0 Å². The lowest BCUT2D eigenvalue weighted by molar-refractivity contribution is 0.273. The number of nitrogens with zero attached hydrogens (tertiary/aromatic N) is 3. The van der Waals surface area contributed by atoms with Crippen LogP contribution in [-0.4, -0.2) is 83.2 Å². The van der Waals surface area contributed by atoms with E-state index in [1.807, 2.05) is 0 Å². The Morgan fingerprint density at radius 2 is 1.18 bits per heavy atom. The van der Waals surface area contributed by atoms with Gasteiger partial charge in [0, 0.05) is 39.3 Å². The number of piperazine rings is 1. The topological polar surface area (TPSA) is 112 Å². The second-order valence-electron chi connectivity index (χ2n) is 6.26. The summed E-state index contributed by atoms with van der Waals surface area (Å²) in [6.07, 6.45) is 0. The van der Waals surface area contributed by atoms with Crippen molar-refractivity contribution in [1.82, 2.24) is 12.9 Å². The lowest BCUT2D eigenvalue weighted by atomic mass is 10.4. The zero-order valence-corrected chi connectivity index (χ0v) is 18.7. The Hall–Kier alpha value is -1.05. The fourth-order valence-electron chi connectivity index (χ4n) is 3.02. The third-order valence-corrected chi connectivity index (χ3v) is 10.6. The van der Waals surface area contributed by atoms with Crippen molar-refractivity contribution in [1.29, 1.82) is 0 Å². The highest BCUT2D eigenvalue weighted by atomic mass is 32.2. The molecule has 0 aromatic heterocycles. The van der Waals surface area contributed by atoms with Gasteiger partial charge in [0.15, 0.2) is 0 Å². The molecular formula is C16H27N3O6S3. The Bertz CT molecular complexity index is 977. The number of hydrogen-bond donors (Lipinski definition) is 0. The predicted molar refractivity (Wildman–Crippen MR) is 106 cm³/mol. The van der Waals surface area contributed by atoms with E-state index in [0.717, 1.165) is 0 Å². The molecular weight excluding hydrogens is 426 g/mol. The van der Waals surface area contributed by atoms with E-state index in [1.165, 1.54) is 37.2 Å². The molecule has 1 saturated heterocycles. The van der Waals surface area contributed by atoms with Crippen LogP contribution >= 0.6 is 0 Å². The largest absolute Gasteiger partial charge is 0.243 e. The average molecular weight is 454 g/mol. The van der Waals surface area contributed by atoms with Crippen LogP contribution < -0.4 is 0 Å². The van der Waals surface area contributed by atoms with Gasteiger partial charge in [0.2, 0.25) is 30.1 Å². The molecule has 1 aromatic carbocycles. The summed E-state index contributed by atoms with van der Waals surface area (Å²) in [6.45, 7) is 5.98. The van der Waals surface area contributed by atoms with Gasteiger partial charge in [0.1, 0.15) is 0 Å². The standard InChI is InChI=1S/C16H27N3O6S3/c1-4-17(5-2)27(22,23)15-7-9-16(10-8-15)28(24,25)19-13-11-18(12-14-19)26(20,21)6-3/h7-10H,4-6,11-14H2,1-3H3. The minimum absolute atomic E-state index is 0.0159. The summed E-state index contributed by atoms with van der Waals surface area (Å²) in [7, 11) is -10.8. The van der Waals surface area contributed by atoms with Gasteiger partial charge in [-0.2, -0.15) is 12.9 Å². The molecule has 0 amide bonds. The van der Waals surface area contributed by atoms with Crippen LogP contribution in [0.25, 0.3) is 0 Å². The molecule has 2 rings (SSSR count). The highest BCUT2D eigenvalue weighted by molar-refractivity contribution is 7.90. The first-order valence-corrected chi connectivity index (χ1v) is 13.6. The molecule has 0 unspecified atom stereocenters. The van der Waals surface area contributed by atoms with Crippen molar-refractivity contribution in [2.24, 2.45) is 0 Å². The minimum Gasteiger partial charge on any atom is -0.212 e. The van der Waals surface area contributed by atoms with E-state index in [-0.39, 0.29) is 41.7 Å². The van der Waals surface area contributed by atoms with Crippen LogP contribution in [0, 0.1) is 0 Å². The minimum atomic E-state index is -3.83. The Labute approximate surface area is 168 Å². The van der Waals surface area contributed by atoms with E-state index >= 15 is 0 Å². The average Bonchev–Trinajstić information content (AvgIpc) is 2.69. The fourth-order valence-corrected chi connectivity index (χ4v) is 6.98. The summed E-state index contributed by atoms with van der Waals surface area (Å²) < 4.78 is 78.3. The van der Waals surface area contributed by atoms with E-state index in [2.05, 4.69) is 0 Å². The zero-order chi connectivity index (χ0) is 21.2. The summed E-state index contributed by atoms with van der Waals surface area (Å²) in [5.41, 5.74) is 0. The van der Waals surface area contributed by atoms with Crippen LogP contribution in [0.2, 0.25) is 0 Å². The first-order chi connectivity index (χ1) is 13.0. The molecule has 1 aromatic rings. The summed E-state index contributed by atoms with van der Waals surface area (Å²) in [4.78, 5) is 0.0202. The smallest absolute Gasteiger partial charge is 0.212 e. The molecule has 0 atom stereocenters. The van der Waals surface area contributed by atoms with Gasteiger partial charge in [0.25, 0.3) is 0 Å². The van der Waals surface area contributed by atoms with Gasteiger partial charge in [0.05, 0.1) is 15.5 Å². The van der Waals surface area contributed by atoms with Crippen LogP contribution in [0.15, 0.2) is 34.1 Å². The maximum atomic E-state index is 12.8. The number of sulfonamides is 3. The molecule has 0 spiro atoms. The van der Waals surface area contributed by atoms with Gasteiger partial charge in [-0.05, 0) is 31.2 Å². The summed E-state index contributed by atoms with van der Waals surface area (Å²) in [5, 5.41) is 0. The molecule has 28 heavy (non-hydrogen) atoms. The second-order valence-corrected chi connectivity index (χ2v) is 12.4. The molecule has 12 heteroatoms. The zero-order valence-electron chi connectivity index (χ0n) is 16.3. The van der Waals surface area contributed by atoms with Crippen LogP contribution in [0.5, 0.6) is 0 Å². The van der Waals surface area contributed by atoms with E-state index in [1.54, 1.807) is 20.8 Å². The number of rotatable bonds is 8. The summed E-state index contributed by atoms with van der Waals surface area (Å²) >= 11 is 0. The van der Waals surface area contributed by atoms with Gasteiger partial charge >= 0.3 is 0 Å². The van der Waals surface area contributed by atoms with Crippen molar-refractivity contribution in [3.63, 3.8) is 0 Å². The van der Waals surface area contributed by atoms with Gasteiger partial charge in [-0.15, -0.1) is 0 Å². The monoisotopic (exact) mass is 453 g/mol. The predicted octanol–water partition coefficient (Wildman–Crippen LogP) is 0.373. The number of hydrogen-bond acceptors (Lipinski definition) is 6. The SMILES string of the molecule is CCN(CC)S(=O)(=O)c1ccc(S(=O)(=O)N2CCN(S(=O)(=O)CC)CC2)cc1. The molecule has 0 radical (unpaired) electrons. The van der Waals surface area contributed by atoms with Crippen molar-refractivity contribution < 1.29 is 25.3 Å². The highest BCUT2D eigenvalue weighted by Gasteiger charge is 2.32. The quantitative estimate of drug-likeness (QED) is 0.562. The molecule has 9 nitrogen and oxygen atoms in total. The lowest BCUT2D eigenvalue weighted by Gasteiger charge is -2.33. The Kier molecular flexibility index (Phi) is 7.27. The summed E-state index contributed by atoms with van der Waals surface area (Å²) in [6, 6.07) is 5.14. The molecule has 1 heterocycles. The molecule has 0 bridgehead atoms. The number of benzene rings is 1. The van der Waals surface area contributed by atoms with Crippen molar-refractivity contribution in [3.8, 4) is 0 Å². The molecule has 0 saturated carbocycles. The van der Waals surface area contributed by atoms with E-state index < -0.39 is 30.1 Å². The maximum Gasteiger partial charge on any atom is 0.243 e. The van der Waals surface area contributed by atoms with Crippen molar-refractivity contribution in [2.45, 2.75) is 30.6 Å². The second kappa shape index (κ2) is 8.76. The van der Waals surface area contributed by atoms with Crippen LogP contribution in [0.3, 0.4) is 0 Å². The van der Waals surface area contributed by atoms with Crippen molar-refractivity contribution >= 4 is 30.1 Å². The Balaban J connectivity index is 2.20. The highest BCUT2D eigenvalue weighted by Crippen LogP contribution is 2.22. The van der Waals surface area contributed by atoms with E-state index in [0.29, 0.717) is 13.1 Å². The van der Waals surface area contributed by atoms with E-state index in [4.69, 9.17) is 0 Å². The first-order valence-electron chi connectivity index (χ1n) is 9.08. The van der Waals surface area contributed by atoms with Crippen LogP contribution in [0.1, 0.15) is 20.8 Å². The van der Waals surface area contributed by atoms with Gasteiger partial charge in [-0.1, -0.05) is 13.8 Å². The summed E-state index contributed by atoms with van der Waals surface area (Å²) in [5.74, 6) is -0.0256. The van der Waals surface area contributed by atoms with E-state index in [9.17, 15) is 25.3 Å². The first kappa shape index (κ1) is 23.2. The molecule has 160 valence electrons. The van der Waals surface area contributed by atoms with Crippen molar-refractivity contribution in [3.05, 3.63) is 24.3 Å². The Morgan fingerprint density at radius 3 is 1.61 bits per heavy atom.